The molecule has 0 saturated heterocycles. The maximum absolute atomic E-state index is 14.1. The molecule has 20 heavy (non-hydrogen) atoms. The van der Waals surface area contributed by atoms with Crippen LogP contribution in [0.5, 0.6) is 5.75 Å². The van der Waals surface area contributed by atoms with Crippen LogP contribution in [0.1, 0.15) is 25.3 Å². The molecule has 0 spiro atoms. The smallest absolute Gasteiger partial charge is 0.160 e. The molecule has 1 N–H and O–H groups in total. The van der Waals surface area contributed by atoms with Crippen LogP contribution in [-0.4, -0.2) is 18.1 Å². The number of halogens is 1. The molecule has 0 fully saturated rings. The second-order valence-electron chi connectivity index (χ2n) is 5.23. The Morgan fingerprint density at radius 3 is 2.95 bits per heavy atom. The summed E-state index contributed by atoms with van der Waals surface area (Å²) in [5.74, 6) is 0.826. The van der Waals surface area contributed by atoms with Gasteiger partial charge < -0.3 is 10.1 Å². The molecule has 3 rings (SSSR count). The van der Waals surface area contributed by atoms with Crippen molar-refractivity contribution in [2.45, 2.75) is 19.8 Å². The number of fused-ring (bicyclic) bond motifs is 1. The minimum atomic E-state index is -0.251. The molecule has 1 aliphatic rings. The van der Waals surface area contributed by atoms with Gasteiger partial charge in [-0.2, -0.15) is 0 Å². The van der Waals surface area contributed by atoms with Crippen molar-refractivity contribution in [2.75, 3.05) is 18.5 Å². The summed E-state index contributed by atoms with van der Waals surface area (Å²) in [6.07, 6.45) is 1.65. The normalized spacial score (nSPS) is 13.6. The monoisotopic (exact) mass is 272 g/mol. The molecule has 2 aromatic rings. The lowest BCUT2D eigenvalue weighted by atomic mass is 9.99. The average molecular weight is 272 g/mol. The van der Waals surface area contributed by atoms with Crippen molar-refractivity contribution in [3.8, 4) is 17.0 Å². The van der Waals surface area contributed by atoms with E-state index in [1.807, 2.05) is 18.2 Å². The summed E-state index contributed by atoms with van der Waals surface area (Å²) in [6, 6.07) is 7.05. The maximum Gasteiger partial charge on any atom is 0.160 e. The van der Waals surface area contributed by atoms with E-state index in [4.69, 9.17) is 4.74 Å². The van der Waals surface area contributed by atoms with Crippen molar-refractivity contribution in [2.24, 2.45) is 0 Å². The van der Waals surface area contributed by atoms with Crippen LogP contribution >= 0.6 is 0 Å². The average Bonchev–Trinajstić information content (AvgIpc) is 2.47. The zero-order valence-corrected chi connectivity index (χ0v) is 11.6. The molecule has 2 heterocycles. The lowest BCUT2D eigenvalue weighted by molar-refractivity contribution is 0.322. The predicted octanol–water partition coefficient (Wildman–Crippen LogP) is 3.82. The molecule has 0 aliphatic carbocycles. The second-order valence-corrected chi connectivity index (χ2v) is 5.23. The molecule has 1 aliphatic heterocycles. The highest BCUT2D eigenvalue weighted by molar-refractivity contribution is 5.69. The van der Waals surface area contributed by atoms with E-state index >= 15 is 0 Å². The zero-order valence-electron chi connectivity index (χ0n) is 11.6. The number of benzene rings is 1. The van der Waals surface area contributed by atoms with Crippen molar-refractivity contribution < 1.29 is 9.13 Å². The Morgan fingerprint density at radius 2 is 2.15 bits per heavy atom. The quantitative estimate of drug-likeness (QED) is 0.902. The van der Waals surface area contributed by atoms with Crippen LogP contribution in [0, 0.1) is 5.82 Å². The molecule has 0 unspecified atom stereocenters. The largest absolute Gasteiger partial charge is 0.488 e. The first kappa shape index (κ1) is 12.9. The van der Waals surface area contributed by atoms with Gasteiger partial charge >= 0.3 is 0 Å². The molecule has 0 atom stereocenters. The fourth-order valence-electron chi connectivity index (χ4n) is 2.29. The van der Waals surface area contributed by atoms with Gasteiger partial charge in [-0.15, -0.1) is 0 Å². The summed E-state index contributed by atoms with van der Waals surface area (Å²) in [6.45, 7) is 5.57. The number of rotatable bonds is 2. The van der Waals surface area contributed by atoms with Crippen LogP contribution in [0.4, 0.5) is 10.1 Å². The van der Waals surface area contributed by atoms with E-state index < -0.39 is 0 Å². The highest BCUT2D eigenvalue weighted by Gasteiger charge is 2.14. The molecule has 0 radical (unpaired) electrons. The van der Waals surface area contributed by atoms with Crippen LogP contribution < -0.4 is 10.1 Å². The number of anilines is 1. The second kappa shape index (κ2) is 5.12. The summed E-state index contributed by atoms with van der Waals surface area (Å²) in [5, 5.41) is 3.24. The Morgan fingerprint density at radius 1 is 1.30 bits per heavy atom. The van der Waals surface area contributed by atoms with E-state index in [1.165, 1.54) is 6.07 Å². The van der Waals surface area contributed by atoms with Gasteiger partial charge in [0, 0.05) is 12.1 Å². The van der Waals surface area contributed by atoms with Crippen molar-refractivity contribution in [3.05, 3.63) is 41.8 Å². The first-order valence-corrected chi connectivity index (χ1v) is 6.81. The molecule has 0 saturated carbocycles. The summed E-state index contributed by atoms with van der Waals surface area (Å²) in [4.78, 5) is 4.32. The van der Waals surface area contributed by atoms with Crippen LogP contribution in [0.25, 0.3) is 11.3 Å². The molecule has 1 aromatic heterocycles. The summed E-state index contributed by atoms with van der Waals surface area (Å²) >= 11 is 0. The van der Waals surface area contributed by atoms with Crippen molar-refractivity contribution in [3.63, 3.8) is 0 Å². The third-order valence-corrected chi connectivity index (χ3v) is 3.48. The molecule has 104 valence electrons. The Balaban J connectivity index is 2.06. The van der Waals surface area contributed by atoms with E-state index in [-0.39, 0.29) is 5.82 Å². The van der Waals surface area contributed by atoms with Gasteiger partial charge in [0.05, 0.1) is 17.6 Å². The van der Waals surface area contributed by atoms with Gasteiger partial charge in [0.25, 0.3) is 0 Å². The lowest BCUT2D eigenvalue weighted by Crippen LogP contribution is -2.18. The Bertz CT molecular complexity index is 640. The third kappa shape index (κ3) is 2.33. The Hall–Kier alpha value is -2.10. The summed E-state index contributed by atoms with van der Waals surface area (Å²) < 4.78 is 19.5. The Labute approximate surface area is 117 Å². The molecular formula is C16H17FN2O. The van der Waals surface area contributed by atoms with Crippen LogP contribution in [0.3, 0.4) is 0 Å². The van der Waals surface area contributed by atoms with Crippen molar-refractivity contribution >= 4 is 5.69 Å². The summed E-state index contributed by atoms with van der Waals surface area (Å²) in [7, 11) is 0. The number of hydrogen-bond donors (Lipinski definition) is 1. The molecule has 3 nitrogen and oxygen atoms in total. The fourth-order valence-corrected chi connectivity index (χ4v) is 2.29. The third-order valence-electron chi connectivity index (χ3n) is 3.48. The number of pyridine rings is 1. The van der Waals surface area contributed by atoms with Gasteiger partial charge in [0.1, 0.15) is 12.4 Å². The maximum atomic E-state index is 14.1. The van der Waals surface area contributed by atoms with E-state index in [0.29, 0.717) is 23.8 Å². The van der Waals surface area contributed by atoms with Crippen molar-refractivity contribution in [1.82, 2.24) is 4.98 Å². The van der Waals surface area contributed by atoms with E-state index in [2.05, 4.69) is 24.1 Å². The van der Waals surface area contributed by atoms with E-state index in [9.17, 15) is 4.39 Å². The molecular weight excluding hydrogens is 255 g/mol. The molecule has 0 amide bonds. The number of ether oxygens (including phenoxy) is 1. The standard InChI is InChI=1S/C16H17FN2O/c1-10(2)11-3-4-13(17)12(7-11)14-8-15-16(9-19-14)20-6-5-18-15/h3-4,7-10,18H,5-6H2,1-2H3. The SMILES string of the molecule is CC(C)c1ccc(F)c(-c2cc3c(cn2)OCCN3)c1. The van der Waals surface area contributed by atoms with Gasteiger partial charge in [0.2, 0.25) is 0 Å². The van der Waals surface area contributed by atoms with Gasteiger partial charge in [-0.1, -0.05) is 19.9 Å². The van der Waals surface area contributed by atoms with E-state index in [1.54, 1.807) is 6.20 Å². The van der Waals surface area contributed by atoms with Gasteiger partial charge in [0.15, 0.2) is 5.75 Å². The first-order chi connectivity index (χ1) is 9.65. The van der Waals surface area contributed by atoms with Gasteiger partial charge in [-0.3, -0.25) is 4.98 Å². The number of nitrogens with zero attached hydrogens (tertiary/aromatic N) is 1. The lowest BCUT2D eigenvalue weighted by Gasteiger charge is -2.19. The Kier molecular flexibility index (Phi) is 3.30. The first-order valence-electron chi connectivity index (χ1n) is 6.81. The highest BCUT2D eigenvalue weighted by Crippen LogP contribution is 2.32. The van der Waals surface area contributed by atoms with E-state index in [0.717, 1.165) is 23.5 Å². The van der Waals surface area contributed by atoms with Crippen LogP contribution in [0.15, 0.2) is 30.5 Å². The van der Waals surface area contributed by atoms with Gasteiger partial charge in [-0.05, 0) is 29.7 Å². The number of nitrogens with one attached hydrogen (secondary N) is 1. The molecule has 0 bridgehead atoms. The number of hydrogen-bond acceptors (Lipinski definition) is 3. The number of aromatic nitrogens is 1. The predicted molar refractivity (Wildman–Crippen MR) is 77.7 cm³/mol. The zero-order chi connectivity index (χ0) is 14.1. The van der Waals surface area contributed by atoms with Crippen LogP contribution in [-0.2, 0) is 0 Å². The molecule has 4 heteroatoms. The minimum absolute atomic E-state index is 0.251. The minimum Gasteiger partial charge on any atom is -0.488 e. The molecule has 1 aromatic carbocycles. The highest BCUT2D eigenvalue weighted by atomic mass is 19.1. The van der Waals surface area contributed by atoms with Gasteiger partial charge in [-0.25, -0.2) is 4.39 Å². The van der Waals surface area contributed by atoms with Crippen molar-refractivity contribution in [1.29, 1.82) is 0 Å². The van der Waals surface area contributed by atoms with Crippen LogP contribution in [0.2, 0.25) is 0 Å². The summed E-state index contributed by atoms with van der Waals surface area (Å²) in [5.41, 5.74) is 3.13. The fraction of sp³-hybridized carbons (Fsp3) is 0.312. The topological polar surface area (TPSA) is 34.1 Å².